The number of nitrogens with one attached hydrogen (secondary N) is 1. The van der Waals surface area contributed by atoms with Gasteiger partial charge in [-0.25, -0.2) is 4.39 Å². The van der Waals surface area contributed by atoms with E-state index in [0.29, 0.717) is 21.4 Å². The van der Waals surface area contributed by atoms with E-state index < -0.39 is 5.82 Å². The number of carbonyl (C=O) groups excluding carboxylic acids is 1. The number of anilines is 2. The van der Waals surface area contributed by atoms with Crippen molar-refractivity contribution in [1.82, 2.24) is 0 Å². The summed E-state index contributed by atoms with van der Waals surface area (Å²) in [5, 5.41) is 2.74. The SMILES string of the molecule is Nc1ccc(C(=O)Nc2c(Cl)cc(F)cc2Br)cc1. The molecular formula is C13H9BrClFN2O. The summed E-state index contributed by atoms with van der Waals surface area (Å²) in [6, 6.07) is 8.79. The molecule has 0 aliphatic heterocycles. The van der Waals surface area contributed by atoms with Crippen molar-refractivity contribution in [3.8, 4) is 0 Å². The lowest BCUT2D eigenvalue weighted by molar-refractivity contribution is 0.102. The Balaban J connectivity index is 2.26. The van der Waals surface area contributed by atoms with Gasteiger partial charge >= 0.3 is 0 Å². The van der Waals surface area contributed by atoms with Gasteiger partial charge in [0, 0.05) is 15.7 Å². The van der Waals surface area contributed by atoms with E-state index in [1.807, 2.05) is 0 Å². The second-order valence-electron chi connectivity index (χ2n) is 3.82. The van der Waals surface area contributed by atoms with Crippen molar-refractivity contribution in [2.75, 3.05) is 11.1 Å². The topological polar surface area (TPSA) is 55.1 Å². The molecule has 0 aromatic heterocycles. The van der Waals surface area contributed by atoms with Crippen LogP contribution in [0.25, 0.3) is 0 Å². The minimum absolute atomic E-state index is 0.121. The maximum atomic E-state index is 13.1. The van der Waals surface area contributed by atoms with Gasteiger partial charge in [0.15, 0.2) is 0 Å². The highest BCUT2D eigenvalue weighted by molar-refractivity contribution is 9.10. The molecule has 2 aromatic rings. The molecule has 3 N–H and O–H groups in total. The Labute approximate surface area is 122 Å². The summed E-state index contributed by atoms with van der Waals surface area (Å²) in [5.41, 5.74) is 6.87. The lowest BCUT2D eigenvalue weighted by Gasteiger charge is -2.09. The molecule has 0 saturated heterocycles. The molecule has 19 heavy (non-hydrogen) atoms. The number of nitrogen functional groups attached to an aromatic ring is 1. The van der Waals surface area contributed by atoms with Crippen molar-refractivity contribution in [1.29, 1.82) is 0 Å². The third-order valence-corrected chi connectivity index (χ3v) is 3.34. The van der Waals surface area contributed by atoms with E-state index in [9.17, 15) is 9.18 Å². The number of carbonyl (C=O) groups is 1. The van der Waals surface area contributed by atoms with Crippen LogP contribution in [0.3, 0.4) is 0 Å². The molecule has 0 radical (unpaired) electrons. The van der Waals surface area contributed by atoms with E-state index in [-0.39, 0.29) is 10.9 Å². The molecule has 0 spiro atoms. The number of nitrogens with two attached hydrogens (primary N) is 1. The fourth-order valence-electron chi connectivity index (χ4n) is 1.48. The van der Waals surface area contributed by atoms with Crippen LogP contribution in [-0.2, 0) is 0 Å². The molecule has 98 valence electrons. The van der Waals surface area contributed by atoms with Gasteiger partial charge in [-0.05, 0) is 52.3 Å². The van der Waals surface area contributed by atoms with E-state index in [0.717, 1.165) is 6.07 Å². The number of halogens is 3. The van der Waals surface area contributed by atoms with Gasteiger partial charge in [0.05, 0.1) is 10.7 Å². The van der Waals surface area contributed by atoms with Gasteiger partial charge < -0.3 is 11.1 Å². The van der Waals surface area contributed by atoms with Gasteiger partial charge in [-0.15, -0.1) is 0 Å². The normalized spacial score (nSPS) is 10.3. The molecule has 6 heteroatoms. The molecule has 2 rings (SSSR count). The molecular weight excluding hydrogens is 335 g/mol. The lowest BCUT2D eigenvalue weighted by Crippen LogP contribution is -2.12. The van der Waals surface area contributed by atoms with Gasteiger partial charge in [0.1, 0.15) is 5.82 Å². The van der Waals surface area contributed by atoms with Crippen LogP contribution < -0.4 is 11.1 Å². The van der Waals surface area contributed by atoms with Crippen LogP contribution in [0.4, 0.5) is 15.8 Å². The lowest BCUT2D eigenvalue weighted by atomic mass is 10.2. The van der Waals surface area contributed by atoms with Crippen molar-refractivity contribution in [2.24, 2.45) is 0 Å². The van der Waals surface area contributed by atoms with E-state index >= 15 is 0 Å². The van der Waals surface area contributed by atoms with Gasteiger partial charge in [-0.1, -0.05) is 11.6 Å². The average Bonchev–Trinajstić information content (AvgIpc) is 2.34. The van der Waals surface area contributed by atoms with Gasteiger partial charge in [0.2, 0.25) is 0 Å². The highest BCUT2D eigenvalue weighted by Gasteiger charge is 2.12. The van der Waals surface area contributed by atoms with Crippen molar-refractivity contribution in [3.63, 3.8) is 0 Å². The fourth-order valence-corrected chi connectivity index (χ4v) is 2.38. The zero-order valence-electron chi connectivity index (χ0n) is 9.58. The Morgan fingerprint density at radius 2 is 1.89 bits per heavy atom. The molecule has 2 aromatic carbocycles. The summed E-state index contributed by atoms with van der Waals surface area (Å²) in [6.45, 7) is 0. The van der Waals surface area contributed by atoms with Crippen LogP contribution in [0.2, 0.25) is 5.02 Å². The molecule has 0 saturated carbocycles. The molecule has 0 atom stereocenters. The molecule has 0 aliphatic rings. The third-order valence-electron chi connectivity index (χ3n) is 2.42. The van der Waals surface area contributed by atoms with Crippen LogP contribution in [0.1, 0.15) is 10.4 Å². The highest BCUT2D eigenvalue weighted by atomic mass is 79.9. The molecule has 0 fully saturated rings. The molecule has 0 unspecified atom stereocenters. The Morgan fingerprint density at radius 3 is 2.47 bits per heavy atom. The van der Waals surface area contributed by atoms with E-state index in [1.165, 1.54) is 6.07 Å². The van der Waals surface area contributed by atoms with E-state index in [2.05, 4.69) is 21.2 Å². The summed E-state index contributed by atoms with van der Waals surface area (Å²) in [7, 11) is 0. The minimum Gasteiger partial charge on any atom is -0.399 e. The summed E-state index contributed by atoms with van der Waals surface area (Å²) >= 11 is 9.04. The van der Waals surface area contributed by atoms with Gasteiger partial charge in [-0.3, -0.25) is 4.79 Å². The van der Waals surface area contributed by atoms with Gasteiger partial charge in [-0.2, -0.15) is 0 Å². The maximum Gasteiger partial charge on any atom is 0.255 e. The van der Waals surface area contributed by atoms with Crippen molar-refractivity contribution < 1.29 is 9.18 Å². The Bertz CT molecular complexity index is 608. The number of rotatable bonds is 2. The first kappa shape index (κ1) is 13.8. The highest BCUT2D eigenvalue weighted by Crippen LogP contribution is 2.32. The van der Waals surface area contributed by atoms with Crippen LogP contribution in [0.15, 0.2) is 40.9 Å². The maximum absolute atomic E-state index is 13.1. The standard InChI is InChI=1S/C13H9BrClFN2O/c14-10-5-8(16)6-11(15)12(10)18-13(19)7-1-3-9(17)4-2-7/h1-6H,17H2,(H,18,19). The van der Waals surface area contributed by atoms with Gasteiger partial charge in [0.25, 0.3) is 5.91 Å². The van der Waals surface area contributed by atoms with Crippen LogP contribution in [-0.4, -0.2) is 5.91 Å². The molecule has 0 aliphatic carbocycles. The van der Waals surface area contributed by atoms with Crippen LogP contribution in [0.5, 0.6) is 0 Å². The molecule has 3 nitrogen and oxygen atoms in total. The second kappa shape index (κ2) is 5.59. The quantitative estimate of drug-likeness (QED) is 0.807. The zero-order chi connectivity index (χ0) is 14.0. The molecule has 0 heterocycles. The molecule has 0 bridgehead atoms. The van der Waals surface area contributed by atoms with Crippen LogP contribution >= 0.6 is 27.5 Å². The Hall–Kier alpha value is -1.59. The molecule has 1 amide bonds. The first-order valence-corrected chi connectivity index (χ1v) is 6.46. The predicted octanol–water partition coefficient (Wildman–Crippen LogP) is 4.08. The average molecular weight is 344 g/mol. The minimum atomic E-state index is -0.484. The summed E-state index contributed by atoms with van der Waals surface area (Å²) in [5.74, 6) is -0.837. The Morgan fingerprint density at radius 1 is 1.26 bits per heavy atom. The first-order valence-electron chi connectivity index (χ1n) is 5.29. The number of hydrogen-bond donors (Lipinski definition) is 2. The summed E-state index contributed by atoms with van der Waals surface area (Å²) < 4.78 is 13.4. The monoisotopic (exact) mass is 342 g/mol. The Kier molecular flexibility index (Phi) is 4.07. The van der Waals surface area contributed by atoms with Crippen molar-refractivity contribution in [2.45, 2.75) is 0 Å². The number of amides is 1. The van der Waals surface area contributed by atoms with Crippen LogP contribution in [0, 0.1) is 5.82 Å². The predicted molar refractivity (Wildman–Crippen MR) is 77.9 cm³/mol. The second-order valence-corrected chi connectivity index (χ2v) is 5.08. The number of benzene rings is 2. The number of hydrogen-bond acceptors (Lipinski definition) is 2. The largest absolute Gasteiger partial charge is 0.399 e. The van der Waals surface area contributed by atoms with E-state index in [1.54, 1.807) is 24.3 Å². The summed E-state index contributed by atoms with van der Waals surface area (Å²) in [6.07, 6.45) is 0. The fraction of sp³-hybridized carbons (Fsp3) is 0. The third kappa shape index (κ3) is 3.24. The first-order chi connectivity index (χ1) is 8.97. The zero-order valence-corrected chi connectivity index (χ0v) is 11.9. The van der Waals surface area contributed by atoms with E-state index in [4.69, 9.17) is 17.3 Å². The smallest absolute Gasteiger partial charge is 0.255 e. The summed E-state index contributed by atoms with van der Waals surface area (Å²) in [4.78, 5) is 12.0. The van der Waals surface area contributed by atoms with Crippen molar-refractivity contribution >= 4 is 44.8 Å². The van der Waals surface area contributed by atoms with Crippen molar-refractivity contribution in [3.05, 3.63) is 57.3 Å².